The van der Waals surface area contributed by atoms with Crippen LogP contribution in [0.15, 0.2) is 110 Å². The fourth-order valence-electron chi connectivity index (χ4n) is 3.83. The first-order valence-electron chi connectivity index (χ1n) is 10.8. The maximum Gasteiger partial charge on any atom is 0.273 e. The molecule has 0 unspecified atom stereocenters. The van der Waals surface area contributed by atoms with E-state index in [1.807, 2.05) is 60.7 Å². The normalized spacial score (nSPS) is 10.8. The van der Waals surface area contributed by atoms with Crippen molar-refractivity contribution in [3.8, 4) is 11.1 Å². The van der Waals surface area contributed by atoms with E-state index in [2.05, 4.69) is 39.2 Å². The Kier molecular flexibility index (Phi) is 5.85. The van der Waals surface area contributed by atoms with Crippen molar-refractivity contribution in [2.24, 2.45) is 0 Å². The first kappa shape index (κ1) is 20.5. The summed E-state index contributed by atoms with van der Waals surface area (Å²) in [6.45, 7) is 0.845. The highest BCUT2D eigenvalue weighted by atomic mass is 16.2. The van der Waals surface area contributed by atoms with Gasteiger partial charge in [0.25, 0.3) is 5.91 Å². The molecule has 0 saturated heterocycles. The number of pyridine rings is 3. The Morgan fingerprint density at radius 3 is 2.45 bits per heavy atom. The molecule has 5 heteroatoms. The van der Waals surface area contributed by atoms with E-state index >= 15 is 0 Å². The average Bonchev–Trinajstić information content (AvgIpc) is 2.89. The predicted octanol–water partition coefficient (Wildman–Crippen LogP) is 5.53. The van der Waals surface area contributed by atoms with Crippen LogP contribution >= 0.6 is 0 Å². The zero-order chi connectivity index (χ0) is 22.5. The summed E-state index contributed by atoms with van der Waals surface area (Å²) in [7, 11) is 0. The van der Waals surface area contributed by atoms with E-state index in [1.165, 1.54) is 0 Å². The second-order valence-electron chi connectivity index (χ2n) is 7.81. The van der Waals surface area contributed by atoms with Crippen LogP contribution in [0.4, 0.5) is 0 Å². The van der Waals surface area contributed by atoms with Gasteiger partial charge in [0.15, 0.2) is 0 Å². The van der Waals surface area contributed by atoms with Gasteiger partial charge in [0.05, 0.1) is 17.8 Å². The van der Waals surface area contributed by atoms with Crippen molar-refractivity contribution in [3.63, 3.8) is 0 Å². The number of carbonyl (C=O) groups excluding carboxylic acids is 1. The molecule has 0 bridgehead atoms. The number of fused-ring (bicyclic) bond motifs is 1. The third kappa shape index (κ3) is 4.77. The van der Waals surface area contributed by atoms with Gasteiger partial charge in [-0.1, -0.05) is 54.6 Å². The number of rotatable bonds is 6. The van der Waals surface area contributed by atoms with Crippen LogP contribution in [0.25, 0.3) is 22.0 Å². The highest BCUT2D eigenvalue weighted by Crippen LogP contribution is 2.22. The van der Waals surface area contributed by atoms with Crippen molar-refractivity contribution >= 4 is 16.8 Å². The largest absolute Gasteiger partial charge is 0.327 e. The number of hydrogen-bond donors (Lipinski definition) is 0. The lowest BCUT2D eigenvalue weighted by molar-refractivity contribution is 0.0722. The molecule has 0 radical (unpaired) electrons. The van der Waals surface area contributed by atoms with Gasteiger partial charge in [0.2, 0.25) is 0 Å². The highest BCUT2D eigenvalue weighted by Gasteiger charge is 2.19. The topological polar surface area (TPSA) is 59.0 Å². The first-order chi connectivity index (χ1) is 16.3. The maximum atomic E-state index is 13.6. The number of benzene rings is 2. The molecule has 0 atom stereocenters. The minimum absolute atomic E-state index is 0.135. The molecule has 0 aliphatic rings. The molecule has 1 amide bonds. The van der Waals surface area contributed by atoms with Gasteiger partial charge in [-0.05, 0) is 53.1 Å². The standard InChI is InChI=1S/C28H22N4O/c33-28(27-13-12-24-18-29-16-14-26(24)31-27)32(20-25-11-4-5-15-30-25)19-21-7-6-10-23(17-21)22-8-2-1-3-9-22/h1-18H,19-20H2. The number of amides is 1. The number of aromatic nitrogens is 3. The van der Waals surface area contributed by atoms with Crippen LogP contribution in [-0.4, -0.2) is 25.8 Å². The molecule has 5 nitrogen and oxygen atoms in total. The van der Waals surface area contributed by atoms with E-state index in [0.29, 0.717) is 18.8 Å². The zero-order valence-corrected chi connectivity index (χ0v) is 18.0. The van der Waals surface area contributed by atoms with Crippen molar-refractivity contribution in [3.05, 3.63) is 127 Å². The van der Waals surface area contributed by atoms with Crippen LogP contribution in [0.1, 0.15) is 21.7 Å². The molecule has 0 N–H and O–H groups in total. The van der Waals surface area contributed by atoms with Crippen molar-refractivity contribution in [1.82, 2.24) is 19.9 Å². The molecule has 5 aromatic rings. The number of carbonyl (C=O) groups is 1. The van der Waals surface area contributed by atoms with Gasteiger partial charge in [0, 0.05) is 30.5 Å². The highest BCUT2D eigenvalue weighted by molar-refractivity contribution is 5.94. The predicted molar refractivity (Wildman–Crippen MR) is 129 cm³/mol. The van der Waals surface area contributed by atoms with E-state index in [4.69, 9.17) is 0 Å². The quantitative estimate of drug-likeness (QED) is 0.355. The molecule has 33 heavy (non-hydrogen) atoms. The maximum absolute atomic E-state index is 13.6. The monoisotopic (exact) mass is 430 g/mol. The van der Waals surface area contributed by atoms with E-state index in [-0.39, 0.29) is 5.91 Å². The molecular formula is C28H22N4O. The van der Waals surface area contributed by atoms with Gasteiger partial charge in [-0.25, -0.2) is 4.98 Å². The minimum Gasteiger partial charge on any atom is -0.327 e. The summed E-state index contributed by atoms with van der Waals surface area (Å²) in [5, 5.41) is 0.904. The molecule has 0 aliphatic heterocycles. The van der Waals surface area contributed by atoms with Crippen LogP contribution < -0.4 is 0 Å². The van der Waals surface area contributed by atoms with Gasteiger partial charge in [-0.15, -0.1) is 0 Å². The third-order valence-electron chi connectivity index (χ3n) is 5.48. The smallest absolute Gasteiger partial charge is 0.273 e. The molecule has 0 aliphatic carbocycles. The van der Waals surface area contributed by atoms with Crippen molar-refractivity contribution in [2.75, 3.05) is 0 Å². The summed E-state index contributed by atoms with van der Waals surface area (Å²) >= 11 is 0. The summed E-state index contributed by atoms with van der Waals surface area (Å²) in [6.07, 6.45) is 5.18. The summed E-state index contributed by atoms with van der Waals surface area (Å²) in [5.74, 6) is -0.135. The SMILES string of the molecule is O=C(c1ccc2cnccc2n1)N(Cc1cccc(-c2ccccc2)c1)Cc1ccccn1. The van der Waals surface area contributed by atoms with Gasteiger partial charge in [0.1, 0.15) is 5.69 Å². The van der Waals surface area contributed by atoms with Gasteiger partial charge in [-0.2, -0.15) is 0 Å². The molecule has 160 valence electrons. The number of nitrogens with zero attached hydrogens (tertiary/aromatic N) is 4. The van der Waals surface area contributed by atoms with Crippen molar-refractivity contribution < 1.29 is 4.79 Å². The van der Waals surface area contributed by atoms with E-state index in [0.717, 1.165) is 33.3 Å². The molecule has 2 aromatic carbocycles. The van der Waals surface area contributed by atoms with Crippen LogP contribution in [-0.2, 0) is 13.1 Å². The second kappa shape index (κ2) is 9.40. The molecule has 0 saturated carbocycles. The second-order valence-corrected chi connectivity index (χ2v) is 7.81. The molecule has 3 heterocycles. The molecule has 5 rings (SSSR count). The summed E-state index contributed by atoms with van der Waals surface area (Å²) in [6, 6.07) is 29.7. The summed E-state index contributed by atoms with van der Waals surface area (Å²) < 4.78 is 0. The molecular weight excluding hydrogens is 408 g/mol. The van der Waals surface area contributed by atoms with Gasteiger partial charge >= 0.3 is 0 Å². The third-order valence-corrected chi connectivity index (χ3v) is 5.48. The first-order valence-corrected chi connectivity index (χ1v) is 10.8. The van der Waals surface area contributed by atoms with Gasteiger partial charge in [-0.3, -0.25) is 14.8 Å². The number of hydrogen-bond acceptors (Lipinski definition) is 4. The lowest BCUT2D eigenvalue weighted by Gasteiger charge is -2.23. The van der Waals surface area contributed by atoms with Gasteiger partial charge < -0.3 is 4.90 Å². The Bertz CT molecular complexity index is 1390. The van der Waals surface area contributed by atoms with Crippen LogP contribution in [0.2, 0.25) is 0 Å². The Balaban J connectivity index is 1.47. The Morgan fingerprint density at radius 1 is 0.758 bits per heavy atom. The van der Waals surface area contributed by atoms with Crippen LogP contribution in [0, 0.1) is 0 Å². The van der Waals surface area contributed by atoms with E-state index in [1.54, 1.807) is 29.6 Å². The summed E-state index contributed by atoms with van der Waals surface area (Å²) in [4.78, 5) is 28.5. The fourth-order valence-corrected chi connectivity index (χ4v) is 3.83. The minimum atomic E-state index is -0.135. The fraction of sp³-hybridized carbons (Fsp3) is 0.0714. The zero-order valence-electron chi connectivity index (χ0n) is 18.0. The Labute approximate surface area is 192 Å². The van der Waals surface area contributed by atoms with Crippen LogP contribution in [0.3, 0.4) is 0 Å². The molecule has 0 spiro atoms. The lowest BCUT2D eigenvalue weighted by atomic mass is 10.0. The van der Waals surface area contributed by atoms with Crippen molar-refractivity contribution in [2.45, 2.75) is 13.1 Å². The van der Waals surface area contributed by atoms with E-state index in [9.17, 15) is 4.79 Å². The Hall–Kier alpha value is -4.38. The van der Waals surface area contributed by atoms with Crippen molar-refractivity contribution in [1.29, 1.82) is 0 Å². The molecule has 0 fully saturated rings. The molecule has 3 aromatic heterocycles. The van der Waals surface area contributed by atoms with Crippen LogP contribution in [0.5, 0.6) is 0 Å². The lowest BCUT2D eigenvalue weighted by Crippen LogP contribution is -2.31. The summed E-state index contributed by atoms with van der Waals surface area (Å²) in [5.41, 5.74) is 5.30. The Morgan fingerprint density at radius 2 is 1.61 bits per heavy atom. The average molecular weight is 431 g/mol. The van der Waals surface area contributed by atoms with E-state index < -0.39 is 0 Å².